The number of hydrogen-bond donors (Lipinski definition) is 3. The molecule has 3 N–H and O–H groups in total. The van der Waals surface area contributed by atoms with E-state index in [-0.39, 0.29) is 25.4 Å². The fourth-order valence-corrected chi connectivity index (χ4v) is 5.38. The van der Waals surface area contributed by atoms with Crippen LogP contribution in [0.15, 0.2) is 109 Å². The van der Waals surface area contributed by atoms with E-state index >= 15 is 0 Å². The minimum Gasteiger partial charge on any atom is -0.480 e. The Morgan fingerprint density at radius 1 is 0.780 bits per heavy atom. The second kappa shape index (κ2) is 12.1. The summed E-state index contributed by atoms with van der Waals surface area (Å²) in [5.41, 5.74) is 4.38. The predicted molar refractivity (Wildman–Crippen MR) is 156 cm³/mol. The summed E-state index contributed by atoms with van der Waals surface area (Å²) in [7, 11) is 0. The van der Waals surface area contributed by atoms with Gasteiger partial charge < -0.3 is 20.5 Å². The molecule has 0 saturated heterocycles. The minimum absolute atomic E-state index is 0.0813. The monoisotopic (exact) mass is 548 g/mol. The molecule has 7 heteroatoms. The number of benzene rings is 4. The third kappa shape index (κ3) is 6.30. The lowest BCUT2D eigenvalue weighted by Gasteiger charge is -2.29. The number of hydrogen-bond acceptors (Lipinski definition) is 4. The largest absolute Gasteiger partial charge is 0.480 e. The van der Waals surface area contributed by atoms with E-state index in [2.05, 4.69) is 22.8 Å². The van der Waals surface area contributed by atoms with Crippen molar-refractivity contribution in [2.45, 2.75) is 37.3 Å². The molecule has 1 aliphatic carbocycles. The highest BCUT2D eigenvalue weighted by molar-refractivity contribution is 5.91. The molecule has 1 aliphatic rings. The van der Waals surface area contributed by atoms with Crippen molar-refractivity contribution < 1.29 is 24.2 Å². The van der Waals surface area contributed by atoms with Gasteiger partial charge in [-0.15, -0.1) is 0 Å². The van der Waals surface area contributed by atoms with Crippen LogP contribution in [0.25, 0.3) is 11.1 Å². The van der Waals surface area contributed by atoms with Crippen LogP contribution in [0.2, 0.25) is 0 Å². The van der Waals surface area contributed by atoms with Gasteiger partial charge in [0.2, 0.25) is 5.91 Å². The maximum absolute atomic E-state index is 13.5. The fourth-order valence-electron chi connectivity index (χ4n) is 5.38. The van der Waals surface area contributed by atoms with Gasteiger partial charge in [-0.3, -0.25) is 4.79 Å². The summed E-state index contributed by atoms with van der Waals surface area (Å²) in [5, 5.41) is 15.4. The molecule has 0 radical (unpaired) electrons. The molecule has 41 heavy (non-hydrogen) atoms. The molecule has 0 saturated carbocycles. The third-order valence-electron chi connectivity index (χ3n) is 7.51. The van der Waals surface area contributed by atoms with Crippen LogP contribution in [0.1, 0.15) is 35.1 Å². The molecule has 4 aromatic carbocycles. The summed E-state index contributed by atoms with van der Waals surface area (Å²) < 4.78 is 5.68. The van der Waals surface area contributed by atoms with Gasteiger partial charge in [0.1, 0.15) is 18.2 Å². The maximum atomic E-state index is 13.5. The van der Waals surface area contributed by atoms with Crippen molar-refractivity contribution in [3.05, 3.63) is 131 Å². The molecule has 0 spiro atoms. The molecule has 5 rings (SSSR count). The van der Waals surface area contributed by atoms with E-state index in [1.165, 1.54) is 6.92 Å². The number of alkyl carbamates (subject to hydrolysis) is 1. The Morgan fingerprint density at radius 3 is 1.85 bits per heavy atom. The average Bonchev–Trinajstić information content (AvgIpc) is 3.30. The van der Waals surface area contributed by atoms with E-state index in [1.54, 1.807) is 0 Å². The summed E-state index contributed by atoms with van der Waals surface area (Å²) in [6.45, 7) is 1.56. The first-order valence-electron chi connectivity index (χ1n) is 13.6. The number of amides is 2. The van der Waals surface area contributed by atoms with Gasteiger partial charge in [-0.1, -0.05) is 109 Å². The number of ether oxygens (including phenoxy) is 1. The lowest BCUT2D eigenvalue weighted by molar-refractivity contribution is -0.147. The van der Waals surface area contributed by atoms with E-state index in [4.69, 9.17) is 4.74 Å². The second-order valence-corrected chi connectivity index (χ2v) is 10.5. The van der Waals surface area contributed by atoms with Gasteiger partial charge in [0, 0.05) is 18.8 Å². The Kier molecular flexibility index (Phi) is 8.15. The van der Waals surface area contributed by atoms with Crippen LogP contribution in [0.5, 0.6) is 0 Å². The molecule has 0 unspecified atom stereocenters. The normalized spacial score (nSPS) is 14.2. The third-order valence-corrected chi connectivity index (χ3v) is 7.51. The standard InChI is InChI=1S/C34H32N2O5/c1-34(32(38)39,21-24-14-6-3-7-15-24)36-31(37)30(20-23-12-4-2-5-13-23)35-33(40)41-22-29-27-18-10-8-16-25(27)26-17-9-11-19-28(26)29/h2-19,29-30H,20-22H2,1H3,(H,35,40)(H,36,37)(H,38,39)/t30-,34+/m1/s1. The molecule has 2 atom stereocenters. The molecular weight excluding hydrogens is 516 g/mol. The van der Waals surface area contributed by atoms with E-state index in [0.29, 0.717) is 0 Å². The van der Waals surface area contributed by atoms with Crippen molar-refractivity contribution in [2.24, 2.45) is 0 Å². The predicted octanol–water partition coefficient (Wildman–Crippen LogP) is 5.34. The van der Waals surface area contributed by atoms with Crippen molar-refractivity contribution in [1.29, 1.82) is 0 Å². The quantitative estimate of drug-likeness (QED) is 0.248. The molecule has 208 valence electrons. The summed E-state index contributed by atoms with van der Waals surface area (Å²) in [6.07, 6.45) is -0.501. The van der Waals surface area contributed by atoms with Gasteiger partial charge >= 0.3 is 12.1 Å². The first kappa shape index (κ1) is 27.6. The Hall–Kier alpha value is -4.91. The number of carboxylic acid groups (broad SMARTS) is 1. The number of fused-ring (bicyclic) bond motifs is 3. The zero-order valence-corrected chi connectivity index (χ0v) is 22.7. The molecule has 2 amide bonds. The molecule has 0 bridgehead atoms. The summed E-state index contributed by atoms with van der Waals surface area (Å²) in [4.78, 5) is 38.9. The summed E-state index contributed by atoms with van der Waals surface area (Å²) in [5.74, 6) is -1.91. The number of carbonyl (C=O) groups excluding carboxylic acids is 2. The van der Waals surface area contributed by atoms with Crippen LogP contribution < -0.4 is 10.6 Å². The molecule has 0 aromatic heterocycles. The summed E-state index contributed by atoms with van der Waals surface area (Å²) in [6, 6.07) is 33.4. The number of carbonyl (C=O) groups is 3. The number of rotatable bonds is 10. The average molecular weight is 549 g/mol. The number of aliphatic carboxylic acids is 1. The van der Waals surface area contributed by atoms with Crippen LogP contribution in [-0.4, -0.2) is 41.3 Å². The van der Waals surface area contributed by atoms with Crippen LogP contribution in [-0.2, 0) is 27.2 Å². The van der Waals surface area contributed by atoms with Crippen LogP contribution in [0.4, 0.5) is 4.79 Å². The zero-order chi connectivity index (χ0) is 28.8. The Labute approximate surface area is 239 Å². The van der Waals surface area contributed by atoms with Crippen molar-refractivity contribution in [3.63, 3.8) is 0 Å². The van der Waals surface area contributed by atoms with Gasteiger partial charge in [-0.25, -0.2) is 9.59 Å². The smallest absolute Gasteiger partial charge is 0.407 e. The highest BCUT2D eigenvalue weighted by Crippen LogP contribution is 2.44. The van der Waals surface area contributed by atoms with Crippen LogP contribution in [0, 0.1) is 0 Å². The molecule has 7 nitrogen and oxygen atoms in total. The van der Waals surface area contributed by atoms with Crippen molar-refractivity contribution in [1.82, 2.24) is 10.6 Å². The SMILES string of the molecule is C[C@@](Cc1ccccc1)(NC(=O)[C@@H](Cc1ccccc1)NC(=O)OCC1c2ccccc2-c2ccccc21)C(=O)O. The molecule has 4 aromatic rings. The Bertz CT molecular complexity index is 1490. The second-order valence-electron chi connectivity index (χ2n) is 10.5. The van der Waals surface area contributed by atoms with Gasteiger partial charge in [0.25, 0.3) is 0 Å². The van der Waals surface area contributed by atoms with Gasteiger partial charge in [-0.05, 0) is 40.3 Å². The van der Waals surface area contributed by atoms with Gasteiger partial charge in [-0.2, -0.15) is 0 Å². The van der Waals surface area contributed by atoms with Crippen molar-refractivity contribution in [3.8, 4) is 11.1 Å². The van der Waals surface area contributed by atoms with Crippen LogP contribution in [0.3, 0.4) is 0 Å². The molecule has 0 heterocycles. The van der Waals surface area contributed by atoms with E-state index in [0.717, 1.165) is 33.4 Å². The highest BCUT2D eigenvalue weighted by Gasteiger charge is 2.38. The number of nitrogens with one attached hydrogen (secondary N) is 2. The lowest BCUT2D eigenvalue weighted by Crippen LogP contribution is -2.59. The first-order chi connectivity index (χ1) is 19.8. The minimum atomic E-state index is -1.59. The summed E-state index contributed by atoms with van der Waals surface area (Å²) >= 11 is 0. The van der Waals surface area contributed by atoms with E-state index in [1.807, 2.05) is 97.1 Å². The number of carboxylic acids is 1. The van der Waals surface area contributed by atoms with Crippen molar-refractivity contribution >= 4 is 18.0 Å². The zero-order valence-electron chi connectivity index (χ0n) is 22.7. The van der Waals surface area contributed by atoms with Crippen molar-refractivity contribution in [2.75, 3.05) is 6.61 Å². The molecular formula is C34H32N2O5. The van der Waals surface area contributed by atoms with Crippen LogP contribution >= 0.6 is 0 Å². The fraction of sp³-hybridized carbons (Fsp3) is 0.206. The Balaban J connectivity index is 1.31. The Morgan fingerprint density at radius 2 is 1.29 bits per heavy atom. The lowest BCUT2D eigenvalue weighted by atomic mass is 9.92. The molecule has 0 aliphatic heterocycles. The van der Waals surface area contributed by atoms with E-state index < -0.39 is 29.6 Å². The van der Waals surface area contributed by atoms with Gasteiger partial charge in [0.15, 0.2) is 0 Å². The molecule has 0 fully saturated rings. The van der Waals surface area contributed by atoms with Gasteiger partial charge in [0.05, 0.1) is 0 Å². The topological polar surface area (TPSA) is 105 Å². The highest BCUT2D eigenvalue weighted by atomic mass is 16.5. The first-order valence-corrected chi connectivity index (χ1v) is 13.6. The maximum Gasteiger partial charge on any atom is 0.407 e. The van der Waals surface area contributed by atoms with E-state index in [9.17, 15) is 19.5 Å².